The fourth-order valence-electron chi connectivity index (χ4n) is 1.52. The van der Waals surface area contributed by atoms with Gasteiger partial charge in [0.15, 0.2) is 0 Å². The van der Waals surface area contributed by atoms with Gasteiger partial charge in [-0.1, -0.05) is 79.2 Å². The fourth-order valence-corrected chi connectivity index (χ4v) is 1.52. The maximum Gasteiger partial charge on any atom is -0.0279 e. The van der Waals surface area contributed by atoms with Crippen LogP contribution in [0, 0.1) is 0 Å². The van der Waals surface area contributed by atoms with Gasteiger partial charge >= 0.3 is 0 Å². The first-order valence-corrected chi connectivity index (χ1v) is 7.27. The molecule has 102 valence electrons. The number of hydrogen-bond acceptors (Lipinski definition) is 0. The van der Waals surface area contributed by atoms with Gasteiger partial charge in [-0.3, -0.25) is 0 Å². The van der Waals surface area contributed by atoms with E-state index >= 15 is 0 Å². The summed E-state index contributed by atoms with van der Waals surface area (Å²) in [7, 11) is 0. The Bertz CT molecular complexity index is 194. The molecular weight excluding hydrogens is 204 g/mol. The summed E-state index contributed by atoms with van der Waals surface area (Å²) in [5.41, 5.74) is 2.95. The zero-order valence-electron chi connectivity index (χ0n) is 13.3. The first-order valence-electron chi connectivity index (χ1n) is 7.27. The molecule has 0 heterocycles. The molecule has 0 aliphatic rings. The summed E-state index contributed by atoms with van der Waals surface area (Å²) in [6, 6.07) is 0. The monoisotopic (exact) mass is 238 g/mol. The highest BCUT2D eigenvalue weighted by molar-refractivity contribution is 5.32. The van der Waals surface area contributed by atoms with Crippen LogP contribution in [-0.4, -0.2) is 0 Å². The van der Waals surface area contributed by atoms with Crippen molar-refractivity contribution in [3.8, 4) is 0 Å². The van der Waals surface area contributed by atoms with Gasteiger partial charge in [-0.25, -0.2) is 0 Å². The number of hydrogen-bond donors (Lipinski definition) is 0. The molecule has 0 atom stereocenters. The lowest BCUT2D eigenvalue weighted by Crippen LogP contribution is -1.89. The highest BCUT2D eigenvalue weighted by Crippen LogP contribution is 2.20. The molecule has 0 spiro atoms. The van der Waals surface area contributed by atoms with Crippen LogP contribution in [0.1, 0.15) is 74.1 Å². The standard InChI is InChI=1S/C13H22.2C2H6/c1-5-9-12(8-4)13(10-6-2)11-7-3;2*1-2/h6,8,10H,2,5,7,9,11H2,1,3-4H3;2*1-2H3/b12-8-,13-10-;;. The Labute approximate surface area is 111 Å². The third-order valence-electron chi connectivity index (χ3n) is 2.12. The topological polar surface area (TPSA) is 0 Å². The number of rotatable bonds is 6. The molecular formula is C17H34. The molecule has 0 aromatic heterocycles. The Hall–Kier alpha value is -0.780. The van der Waals surface area contributed by atoms with Crippen LogP contribution in [0.15, 0.2) is 36.0 Å². The summed E-state index contributed by atoms with van der Waals surface area (Å²) in [5, 5.41) is 0. The first kappa shape index (κ1) is 21.5. The summed E-state index contributed by atoms with van der Waals surface area (Å²) in [4.78, 5) is 0. The minimum Gasteiger partial charge on any atom is -0.0991 e. The van der Waals surface area contributed by atoms with Crippen LogP contribution in [0.3, 0.4) is 0 Å². The molecule has 0 radical (unpaired) electrons. The van der Waals surface area contributed by atoms with Crippen molar-refractivity contribution < 1.29 is 0 Å². The molecule has 0 rings (SSSR count). The summed E-state index contributed by atoms with van der Waals surface area (Å²) in [6.07, 6.45) is 11.1. The van der Waals surface area contributed by atoms with Crippen molar-refractivity contribution >= 4 is 0 Å². The molecule has 0 aliphatic carbocycles. The van der Waals surface area contributed by atoms with Gasteiger partial charge < -0.3 is 0 Å². The lowest BCUT2D eigenvalue weighted by Gasteiger charge is -2.09. The van der Waals surface area contributed by atoms with E-state index in [0.717, 1.165) is 0 Å². The van der Waals surface area contributed by atoms with Crippen LogP contribution in [0.25, 0.3) is 0 Å². The molecule has 0 unspecified atom stereocenters. The predicted molar refractivity (Wildman–Crippen MR) is 84.5 cm³/mol. The van der Waals surface area contributed by atoms with E-state index in [0.29, 0.717) is 0 Å². The van der Waals surface area contributed by atoms with Gasteiger partial charge in [0.1, 0.15) is 0 Å². The average Bonchev–Trinajstić information content (AvgIpc) is 2.40. The van der Waals surface area contributed by atoms with Crippen molar-refractivity contribution in [2.75, 3.05) is 0 Å². The second-order valence-electron chi connectivity index (χ2n) is 3.24. The van der Waals surface area contributed by atoms with Gasteiger partial charge in [0.05, 0.1) is 0 Å². The van der Waals surface area contributed by atoms with E-state index in [1.807, 2.05) is 33.8 Å². The molecule has 0 nitrogen and oxygen atoms in total. The SMILES string of the molecule is C=C/C=C(CCC)\C(=C/C)CCC.CC.CC. The van der Waals surface area contributed by atoms with Gasteiger partial charge in [-0.05, 0) is 30.9 Å². The second kappa shape index (κ2) is 20.6. The van der Waals surface area contributed by atoms with Gasteiger partial charge in [0.25, 0.3) is 0 Å². The fraction of sp³-hybridized carbons (Fsp3) is 0.647. The molecule has 0 bridgehead atoms. The van der Waals surface area contributed by atoms with E-state index < -0.39 is 0 Å². The maximum absolute atomic E-state index is 3.76. The van der Waals surface area contributed by atoms with Gasteiger partial charge in [-0.2, -0.15) is 0 Å². The lowest BCUT2D eigenvalue weighted by atomic mass is 9.97. The zero-order chi connectivity index (χ0) is 14.1. The van der Waals surface area contributed by atoms with E-state index in [9.17, 15) is 0 Å². The summed E-state index contributed by atoms with van der Waals surface area (Å²) in [6.45, 7) is 18.3. The molecule has 0 N–H and O–H groups in total. The van der Waals surface area contributed by atoms with E-state index in [1.165, 1.54) is 36.8 Å². The molecule has 0 aromatic rings. The Morgan fingerprint density at radius 2 is 1.29 bits per heavy atom. The first-order chi connectivity index (χ1) is 8.29. The Balaban J connectivity index is -0.000000439. The third-order valence-corrected chi connectivity index (χ3v) is 2.12. The van der Waals surface area contributed by atoms with Crippen molar-refractivity contribution in [2.45, 2.75) is 74.1 Å². The van der Waals surface area contributed by atoms with E-state index in [2.05, 4.69) is 39.5 Å². The molecule has 0 aromatic carbocycles. The van der Waals surface area contributed by atoms with Crippen LogP contribution >= 0.6 is 0 Å². The van der Waals surface area contributed by atoms with Crippen molar-refractivity contribution in [3.05, 3.63) is 36.0 Å². The Morgan fingerprint density at radius 1 is 0.882 bits per heavy atom. The van der Waals surface area contributed by atoms with Crippen LogP contribution in [0.5, 0.6) is 0 Å². The van der Waals surface area contributed by atoms with Crippen molar-refractivity contribution in [1.82, 2.24) is 0 Å². The Morgan fingerprint density at radius 3 is 1.59 bits per heavy atom. The smallest absolute Gasteiger partial charge is 0.0279 e. The van der Waals surface area contributed by atoms with E-state index in [1.54, 1.807) is 0 Å². The minimum atomic E-state index is 1.17. The van der Waals surface area contributed by atoms with E-state index in [4.69, 9.17) is 0 Å². The minimum absolute atomic E-state index is 1.17. The summed E-state index contributed by atoms with van der Waals surface area (Å²) < 4.78 is 0. The predicted octanol–water partition coefficient (Wildman–Crippen LogP) is 6.70. The zero-order valence-corrected chi connectivity index (χ0v) is 13.3. The van der Waals surface area contributed by atoms with Gasteiger partial charge in [0, 0.05) is 0 Å². The molecule has 0 saturated carbocycles. The number of allylic oxidation sites excluding steroid dienone is 5. The van der Waals surface area contributed by atoms with Crippen molar-refractivity contribution in [1.29, 1.82) is 0 Å². The highest BCUT2D eigenvalue weighted by Gasteiger charge is 2.00. The van der Waals surface area contributed by atoms with Crippen molar-refractivity contribution in [3.63, 3.8) is 0 Å². The molecule has 0 heteroatoms. The molecule has 0 amide bonds. The van der Waals surface area contributed by atoms with Crippen molar-refractivity contribution in [2.24, 2.45) is 0 Å². The van der Waals surface area contributed by atoms with Gasteiger partial charge in [-0.15, -0.1) is 0 Å². The largest absolute Gasteiger partial charge is 0.0991 e. The molecule has 0 saturated heterocycles. The highest BCUT2D eigenvalue weighted by atomic mass is 14.1. The summed E-state index contributed by atoms with van der Waals surface area (Å²) in [5.74, 6) is 0. The second-order valence-corrected chi connectivity index (χ2v) is 3.24. The van der Waals surface area contributed by atoms with Crippen LogP contribution in [0.2, 0.25) is 0 Å². The average molecular weight is 238 g/mol. The molecule has 17 heavy (non-hydrogen) atoms. The van der Waals surface area contributed by atoms with E-state index in [-0.39, 0.29) is 0 Å². The normalized spacial score (nSPS) is 10.8. The third kappa shape index (κ3) is 13.2. The maximum atomic E-state index is 3.76. The summed E-state index contributed by atoms with van der Waals surface area (Å²) >= 11 is 0. The molecule has 0 fully saturated rings. The Kier molecular flexibility index (Phi) is 26.1. The van der Waals surface area contributed by atoms with Crippen LogP contribution < -0.4 is 0 Å². The van der Waals surface area contributed by atoms with Gasteiger partial charge in [0.2, 0.25) is 0 Å². The lowest BCUT2D eigenvalue weighted by molar-refractivity contribution is 0.851. The van der Waals surface area contributed by atoms with Crippen LogP contribution in [-0.2, 0) is 0 Å². The van der Waals surface area contributed by atoms with Crippen LogP contribution in [0.4, 0.5) is 0 Å². The quantitative estimate of drug-likeness (QED) is 0.452. The molecule has 0 aliphatic heterocycles.